The Morgan fingerprint density at radius 1 is 1.18 bits per heavy atom. The zero-order chi connectivity index (χ0) is 18.7. The number of nitrogens with zero attached hydrogens (tertiary/aromatic N) is 4. The minimum absolute atomic E-state index is 0.0949. The number of hydrogen-bond donors (Lipinski definition) is 2. The minimum atomic E-state index is 0.0949. The SMILES string of the molecule is O=C(NC1CC2CCC1C2)C1CN(c2c3c(nc4ccnn24)CCNCC3)C1. The van der Waals surface area contributed by atoms with Crippen LogP contribution in [0.4, 0.5) is 5.82 Å². The molecule has 2 N–H and O–H groups in total. The fraction of sp³-hybridized carbons (Fsp3) is 0.667. The average Bonchev–Trinajstić information content (AvgIpc) is 3.34. The second-order valence-electron chi connectivity index (χ2n) is 9.10. The second kappa shape index (κ2) is 6.44. The Labute approximate surface area is 164 Å². The number of nitrogens with one attached hydrogen (secondary N) is 2. The van der Waals surface area contributed by atoms with Crippen LogP contribution >= 0.6 is 0 Å². The average molecular weight is 380 g/mol. The quantitative estimate of drug-likeness (QED) is 0.836. The number of rotatable bonds is 3. The van der Waals surface area contributed by atoms with Crippen LogP contribution in [0.25, 0.3) is 5.65 Å². The van der Waals surface area contributed by atoms with Crippen molar-refractivity contribution in [2.45, 2.75) is 44.6 Å². The molecule has 2 aromatic heterocycles. The van der Waals surface area contributed by atoms with Gasteiger partial charge in [-0.15, -0.1) is 0 Å². The minimum Gasteiger partial charge on any atom is -0.354 e. The molecule has 2 aliphatic heterocycles. The number of carbonyl (C=O) groups is 1. The lowest BCUT2D eigenvalue weighted by atomic mass is 9.93. The van der Waals surface area contributed by atoms with Crippen LogP contribution in [0.1, 0.15) is 36.9 Å². The van der Waals surface area contributed by atoms with Crippen molar-refractivity contribution >= 4 is 17.4 Å². The third-order valence-corrected chi connectivity index (χ3v) is 7.40. The molecule has 1 saturated heterocycles. The molecule has 4 heterocycles. The van der Waals surface area contributed by atoms with Crippen LogP contribution in [0.15, 0.2) is 12.3 Å². The van der Waals surface area contributed by atoms with E-state index in [2.05, 4.69) is 20.6 Å². The Morgan fingerprint density at radius 3 is 2.89 bits per heavy atom. The van der Waals surface area contributed by atoms with Crippen molar-refractivity contribution in [3.8, 4) is 0 Å². The van der Waals surface area contributed by atoms with Crippen LogP contribution in [-0.2, 0) is 17.6 Å². The van der Waals surface area contributed by atoms with Crippen molar-refractivity contribution in [1.29, 1.82) is 0 Å². The Bertz CT molecular complexity index is 917. The number of hydrogen-bond acceptors (Lipinski definition) is 5. The Balaban J connectivity index is 1.20. The van der Waals surface area contributed by atoms with Crippen LogP contribution in [-0.4, -0.2) is 52.7 Å². The topological polar surface area (TPSA) is 74.6 Å². The molecule has 0 spiro atoms. The fourth-order valence-corrected chi connectivity index (χ4v) is 5.88. The summed E-state index contributed by atoms with van der Waals surface area (Å²) in [6, 6.07) is 2.41. The first-order valence-corrected chi connectivity index (χ1v) is 10.9. The largest absolute Gasteiger partial charge is 0.354 e. The maximum Gasteiger partial charge on any atom is 0.226 e. The van der Waals surface area contributed by atoms with Crippen molar-refractivity contribution in [1.82, 2.24) is 25.2 Å². The summed E-state index contributed by atoms with van der Waals surface area (Å²) >= 11 is 0. The van der Waals surface area contributed by atoms with Crippen molar-refractivity contribution in [3.05, 3.63) is 23.5 Å². The predicted molar refractivity (Wildman–Crippen MR) is 106 cm³/mol. The summed E-state index contributed by atoms with van der Waals surface area (Å²) in [7, 11) is 0. The van der Waals surface area contributed by atoms with Gasteiger partial charge in [-0.05, 0) is 44.1 Å². The predicted octanol–water partition coefficient (Wildman–Crippen LogP) is 1.16. The van der Waals surface area contributed by atoms with Gasteiger partial charge in [-0.3, -0.25) is 4.79 Å². The first-order chi connectivity index (χ1) is 13.8. The van der Waals surface area contributed by atoms with E-state index in [9.17, 15) is 4.79 Å². The zero-order valence-electron chi connectivity index (χ0n) is 16.2. The van der Waals surface area contributed by atoms with E-state index in [0.717, 1.165) is 62.3 Å². The molecule has 2 aromatic rings. The van der Waals surface area contributed by atoms with Gasteiger partial charge in [-0.1, -0.05) is 6.42 Å². The highest BCUT2D eigenvalue weighted by Crippen LogP contribution is 2.44. The molecule has 7 heteroatoms. The molecule has 0 aromatic carbocycles. The van der Waals surface area contributed by atoms with Gasteiger partial charge < -0.3 is 15.5 Å². The molecule has 2 bridgehead atoms. The number of amides is 1. The van der Waals surface area contributed by atoms with Gasteiger partial charge in [0.2, 0.25) is 5.91 Å². The monoisotopic (exact) mass is 380 g/mol. The van der Waals surface area contributed by atoms with Crippen molar-refractivity contribution < 1.29 is 4.79 Å². The molecule has 148 valence electrons. The fourth-order valence-electron chi connectivity index (χ4n) is 5.88. The Hall–Kier alpha value is -2.15. The highest BCUT2D eigenvalue weighted by Gasteiger charge is 2.42. The lowest BCUT2D eigenvalue weighted by Crippen LogP contribution is -2.56. The lowest BCUT2D eigenvalue weighted by molar-refractivity contribution is -0.126. The third-order valence-electron chi connectivity index (χ3n) is 7.40. The van der Waals surface area contributed by atoms with Gasteiger partial charge in [0.15, 0.2) is 5.65 Å². The van der Waals surface area contributed by atoms with Gasteiger partial charge in [0, 0.05) is 43.7 Å². The van der Waals surface area contributed by atoms with Crippen molar-refractivity contribution in [2.75, 3.05) is 31.1 Å². The first-order valence-electron chi connectivity index (χ1n) is 10.9. The zero-order valence-corrected chi connectivity index (χ0v) is 16.2. The Morgan fingerprint density at radius 2 is 2.07 bits per heavy atom. The van der Waals surface area contributed by atoms with Gasteiger partial charge in [0.25, 0.3) is 0 Å². The molecule has 3 fully saturated rings. The van der Waals surface area contributed by atoms with Gasteiger partial charge in [0.1, 0.15) is 5.82 Å². The first kappa shape index (κ1) is 16.8. The van der Waals surface area contributed by atoms with E-state index in [-0.39, 0.29) is 11.8 Å². The van der Waals surface area contributed by atoms with Crippen LogP contribution in [0.5, 0.6) is 0 Å². The summed E-state index contributed by atoms with van der Waals surface area (Å²) < 4.78 is 1.97. The lowest BCUT2D eigenvalue weighted by Gasteiger charge is -2.41. The van der Waals surface area contributed by atoms with E-state index in [1.165, 1.54) is 36.9 Å². The number of fused-ring (bicyclic) bond motifs is 4. The molecule has 0 radical (unpaired) electrons. The maximum absolute atomic E-state index is 12.8. The molecule has 28 heavy (non-hydrogen) atoms. The molecule has 3 atom stereocenters. The van der Waals surface area contributed by atoms with Crippen LogP contribution in [0, 0.1) is 17.8 Å². The van der Waals surface area contributed by atoms with E-state index >= 15 is 0 Å². The summed E-state index contributed by atoms with van der Waals surface area (Å²) in [5.74, 6) is 3.10. The third kappa shape index (κ3) is 2.63. The smallest absolute Gasteiger partial charge is 0.226 e. The van der Waals surface area contributed by atoms with Gasteiger partial charge in [-0.2, -0.15) is 9.61 Å². The van der Waals surface area contributed by atoms with E-state index in [4.69, 9.17) is 4.98 Å². The highest BCUT2D eigenvalue weighted by molar-refractivity contribution is 5.82. The van der Waals surface area contributed by atoms with Crippen LogP contribution in [0.2, 0.25) is 0 Å². The van der Waals surface area contributed by atoms with Crippen LogP contribution < -0.4 is 15.5 Å². The molecule has 2 saturated carbocycles. The van der Waals surface area contributed by atoms with E-state index in [1.54, 1.807) is 0 Å². The molecular weight excluding hydrogens is 352 g/mol. The second-order valence-corrected chi connectivity index (χ2v) is 9.10. The van der Waals surface area contributed by atoms with E-state index in [1.807, 2.05) is 16.8 Å². The normalized spacial score (nSPS) is 29.6. The maximum atomic E-state index is 12.8. The number of aromatic nitrogens is 3. The summed E-state index contributed by atoms with van der Waals surface area (Å²) in [5.41, 5.74) is 3.39. The van der Waals surface area contributed by atoms with Gasteiger partial charge in [0.05, 0.1) is 17.8 Å². The summed E-state index contributed by atoms with van der Waals surface area (Å²) in [6.07, 6.45) is 8.94. The van der Waals surface area contributed by atoms with Crippen molar-refractivity contribution in [3.63, 3.8) is 0 Å². The molecule has 4 aliphatic rings. The summed E-state index contributed by atoms with van der Waals surface area (Å²) in [6.45, 7) is 3.51. The molecule has 6 rings (SSSR count). The van der Waals surface area contributed by atoms with Crippen molar-refractivity contribution in [2.24, 2.45) is 17.8 Å². The molecule has 2 aliphatic carbocycles. The molecule has 3 unspecified atom stereocenters. The standard InChI is InChI=1S/C21H28N6O/c28-20(25-18-10-13-1-2-14(18)9-13)15-11-26(12-15)21-16-3-6-22-7-4-17(16)24-19-5-8-23-27(19)21/h5,8,13-15,18,22H,1-4,6-7,9-12H2,(H,25,28). The molecule has 7 nitrogen and oxygen atoms in total. The molecule has 1 amide bonds. The van der Waals surface area contributed by atoms with E-state index in [0.29, 0.717) is 6.04 Å². The molecular formula is C21H28N6O. The summed E-state index contributed by atoms with van der Waals surface area (Å²) in [4.78, 5) is 20.0. The number of carbonyl (C=O) groups excluding carboxylic acids is 1. The van der Waals surface area contributed by atoms with Gasteiger partial charge in [-0.25, -0.2) is 4.98 Å². The Kier molecular flexibility index (Phi) is 3.86. The number of anilines is 1. The van der Waals surface area contributed by atoms with Crippen LogP contribution in [0.3, 0.4) is 0 Å². The summed E-state index contributed by atoms with van der Waals surface area (Å²) in [5, 5.41) is 11.4. The van der Waals surface area contributed by atoms with Gasteiger partial charge >= 0.3 is 0 Å². The highest BCUT2D eigenvalue weighted by atomic mass is 16.2. The van der Waals surface area contributed by atoms with E-state index < -0.39 is 0 Å².